The average molecular weight is 837 g/mol. The molecule has 2 spiro atoms. The molecule has 10 aromatic carbocycles. The molecule has 0 atom stereocenters. The van der Waals surface area contributed by atoms with E-state index < -0.39 is 10.8 Å². The highest BCUT2D eigenvalue weighted by Gasteiger charge is 2.59. The zero-order chi connectivity index (χ0) is 43.7. The van der Waals surface area contributed by atoms with Crippen LogP contribution >= 0.6 is 0 Å². The van der Waals surface area contributed by atoms with Crippen molar-refractivity contribution in [1.82, 2.24) is 0 Å². The Morgan fingerprint density at radius 2 is 0.485 bits per heavy atom. The predicted octanol–water partition coefficient (Wildman–Crippen LogP) is 15.9. The minimum absolute atomic E-state index is 0.608. The van der Waals surface area contributed by atoms with Crippen molar-refractivity contribution in [2.24, 2.45) is 0 Å². The maximum atomic E-state index is 2.55. The molecule has 0 radical (unpaired) electrons. The van der Waals surface area contributed by atoms with Crippen molar-refractivity contribution in [1.29, 1.82) is 0 Å². The van der Waals surface area contributed by atoms with Crippen molar-refractivity contribution in [2.75, 3.05) is 0 Å². The van der Waals surface area contributed by atoms with E-state index in [1.807, 2.05) is 0 Å². The third-order valence-electron chi connectivity index (χ3n) is 14.6. The van der Waals surface area contributed by atoms with E-state index in [2.05, 4.69) is 267 Å². The molecule has 0 amide bonds. The van der Waals surface area contributed by atoms with E-state index in [1.165, 1.54) is 111 Å². The molecule has 13 rings (SSSR count). The van der Waals surface area contributed by atoms with Gasteiger partial charge < -0.3 is 0 Å². The summed E-state index contributed by atoms with van der Waals surface area (Å²) in [5.74, 6) is 0. The van der Waals surface area contributed by atoms with Gasteiger partial charge >= 0.3 is 0 Å². The molecule has 0 heterocycles. The number of hydrogen-bond donors (Lipinski definition) is 0. The molecular weight excluding hydrogens is 793 g/mol. The smallest absolute Gasteiger partial charge is 0.0622 e. The Hall–Kier alpha value is -8.32. The lowest BCUT2D eigenvalue weighted by atomic mass is 9.52. The van der Waals surface area contributed by atoms with Crippen LogP contribution in [-0.2, 0) is 10.8 Å². The summed E-state index contributed by atoms with van der Waals surface area (Å²) < 4.78 is 0. The molecule has 66 heavy (non-hydrogen) atoms. The quantitative estimate of drug-likeness (QED) is 0.146. The van der Waals surface area contributed by atoms with Gasteiger partial charge in [-0.1, -0.05) is 243 Å². The molecule has 3 aliphatic carbocycles. The van der Waals surface area contributed by atoms with Crippen LogP contribution in [0.25, 0.3) is 45.6 Å². The molecule has 308 valence electrons. The summed E-state index contributed by atoms with van der Waals surface area (Å²) in [5, 5.41) is 0. The molecule has 0 aromatic heterocycles. The average Bonchev–Trinajstić information content (AvgIpc) is 3.86. The Bertz CT molecular complexity index is 3140. The fourth-order valence-electron chi connectivity index (χ4n) is 12.0. The SMILES string of the molecule is C(=C(c1ccccc1)c1ccccc1)c1ccc2c(c1)C1(c3ccccc3-c3ccccc31)c1ccc(C=C(c3ccccc3)c3ccccc3)cc1C21c2ccccc2-c2ccccc21. The summed E-state index contributed by atoms with van der Waals surface area (Å²) in [5.41, 5.74) is 24.1. The van der Waals surface area contributed by atoms with Gasteiger partial charge in [0.2, 0.25) is 0 Å². The van der Waals surface area contributed by atoms with Gasteiger partial charge in [-0.25, -0.2) is 0 Å². The first-order chi connectivity index (χ1) is 32.7. The Labute approximate surface area is 387 Å². The summed E-state index contributed by atoms with van der Waals surface area (Å²) >= 11 is 0. The zero-order valence-electron chi connectivity index (χ0n) is 36.4. The predicted molar refractivity (Wildman–Crippen MR) is 274 cm³/mol. The van der Waals surface area contributed by atoms with E-state index in [1.54, 1.807) is 0 Å². The largest absolute Gasteiger partial charge is 0.0720 e. The topological polar surface area (TPSA) is 0 Å². The monoisotopic (exact) mass is 836 g/mol. The highest BCUT2D eigenvalue weighted by atomic mass is 14.6. The van der Waals surface area contributed by atoms with Crippen LogP contribution < -0.4 is 0 Å². The van der Waals surface area contributed by atoms with E-state index in [-0.39, 0.29) is 0 Å². The maximum absolute atomic E-state index is 2.55. The second kappa shape index (κ2) is 15.2. The van der Waals surface area contributed by atoms with Crippen molar-refractivity contribution in [3.63, 3.8) is 0 Å². The third-order valence-corrected chi connectivity index (χ3v) is 14.6. The van der Waals surface area contributed by atoms with E-state index in [9.17, 15) is 0 Å². The van der Waals surface area contributed by atoms with Gasteiger partial charge in [0.25, 0.3) is 0 Å². The maximum Gasteiger partial charge on any atom is 0.0720 e. The first kappa shape index (κ1) is 38.2. The lowest BCUT2D eigenvalue weighted by molar-refractivity contribution is 0.632. The van der Waals surface area contributed by atoms with Crippen molar-refractivity contribution in [2.45, 2.75) is 10.8 Å². The van der Waals surface area contributed by atoms with Crippen molar-refractivity contribution < 1.29 is 0 Å². The minimum atomic E-state index is -0.608. The van der Waals surface area contributed by atoms with Crippen LogP contribution in [0.3, 0.4) is 0 Å². The molecule has 0 aliphatic heterocycles. The summed E-state index contributed by atoms with van der Waals surface area (Å²) in [4.78, 5) is 0. The Morgan fingerprint density at radius 1 is 0.227 bits per heavy atom. The van der Waals surface area contributed by atoms with E-state index in [4.69, 9.17) is 0 Å². The van der Waals surface area contributed by atoms with Crippen LogP contribution in [0.15, 0.2) is 255 Å². The van der Waals surface area contributed by atoms with Gasteiger partial charge in [0.15, 0.2) is 0 Å². The van der Waals surface area contributed by atoms with E-state index in [0.29, 0.717) is 0 Å². The second-order valence-corrected chi connectivity index (χ2v) is 17.9. The summed E-state index contributed by atoms with van der Waals surface area (Å²) in [7, 11) is 0. The van der Waals surface area contributed by atoms with Gasteiger partial charge in [-0.3, -0.25) is 0 Å². The van der Waals surface area contributed by atoms with Crippen LogP contribution in [0.2, 0.25) is 0 Å². The van der Waals surface area contributed by atoms with Gasteiger partial charge in [0.05, 0.1) is 10.8 Å². The fraction of sp³-hybridized carbons (Fsp3) is 0.0303. The zero-order valence-corrected chi connectivity index (χ0v) is 36.4. The number of hydrogen-bond acceptors (Lipinski definition) is 0. The van der Waals surface area contributed by atoms with Crippen LogP contribution in [-0.4, -0.2) is 0 Å². The van der Waals surface area contributed by atoms with E-state index in [0.717, 1.165) is 0 Å². The van der Waals surface area contributed by atoms with E-state index >= 15 is 0 Å². The Kier molecular flexibility index (Phi) is 8.76. The van der Waals surface area contributed by atoms with Crippen molar-refractivity contribution >= 4 is 23.3 Å². The molecule has 3 aliphatic rings. The molecule has 10 aromatic rings. The first-order valence-electron chi connectivity index (χ1n) is 23.1. The van der Waals surface area contributed by atoms with Crippen LogP contribution in [0.4, 0.5) is 0 Å². The van der Waals surface area contributed by atoms with Gasteiger partial charge in [-0.05, 0) is 136 Å². The van der Waals surface area contributed by atoms with Gasteiger partial charge in [0, 0.05) is 0 Å². The van der Waals surface area contributed by atoms with Crippen LogP contribution in [0, 0.1) is 0 Å². The number of benzene rings is 10. The van der Waals surface area contributed by atoms with Gasteiger partial charge in [-0.2, -0.15) is 0 Å². The molecule has 0 heteroatoms. The molecular formula is C66H44. The molecule has 0 bridgehead atoms. The number of rotatable bonds is 6. The molecule has 0 fully saturated rings. The summed E-state index contributed by atoms with van der Waals surface area (Å²) in [6, 6.07) is 94.9. The molecule has 0 saturated heterocycles. The second-order valence-electron chi connectivity index (χ2n) is 17.9. The highest BCUT2D eigenvalue weighted by molar-refractivity contribution is 5.97. The standard InChI is InChI=1S/C66H44/c1-5-21-47(22-6-1)55(48-23-7-2-8-24-48)41-45-37-39-61-63(43-45)65(57-33-17-13-29-51(57)52-30-14-18-34-58(52)65)62-40-38-46(42-56(49-25-9-3-10-26-49)50-27-11-4-12-28-50)44-64(62)66(61)59-35-19-15-31-53(59)54-32-16-20-36-60(54)66/h1-44H. The molecule has 0 saturated carbocycles. The Balaban J connectivity index is 1.17. The summed E-state index contributed by atoms with van der Waals surface area (Å²) in [6.07, 6.45) is 4.82. The highest BCUT2D eigenvalue weighted by Crippen LogP contribution is 2.67. The normalized spacial score (nSPS) is 13.7. The Morgan fingerprint density at radius 3 is 0.773 bits per heavy atom. The third kappa shape index (κ3) is 5.52. The van der Waals surface area contributed by atoms with Crippen LogP contribution in [0.1, 0.15) is 77.9 Å². The van der Waals surface area contributed by atoms with Crippen molar-refractivity contribution in [3.8, 4) is 22.3 Å². The van der Waals surface area contributed by atoms with Crippen molar-refractivity contribution in [3.05, 3.63) is 333 Å². The lowest BCUT2D eigenvalue weighted by Crippen LogP contribution is -2.44. The molecule has 0 unspecified atom stereocenters. The van der Waals surface area contributed by atoms with Gasteiger partial charge in [0.1, 0.15) is 0 Å². The molecule has 0 N–H and O–H groups in total. The van der Waals surface area contributed by atoms with Crippen LogP contribution in [0.5, 0.6) is 0 Å². The number of fused-ring (bicyclic) bond motifs is 16. The van der Waals surface area contributed by atoms with Gasteiger partial charge in [-0.15, -0.1) is 0 Å². The summed E-state index contributed by atoms with van der Waals surface area (Å²) in [6.45, 7) is 0. The lowest BCUT2D eigenvalue weighted by Gasteiger charge is -2.49. The first-order valence-corrected chi connectivity index (χ1v) is 23.1. The fourth-order valence-corrected chi connectivity index (χ4v) is 12.0. The molecule has 0 nitrogen and oxygen atoms in total. The minimum Gasteiger partial charge on any atom is -0.0622 e.